The predicted octanol–water partition coefficient (Wildman–Crippen LogP) is 4.72. The van der Waals surface area contributed by atoms with Crippen molar-refractivity contribution < 1.29 is 5.21 Å². The lowest BCUT2D eigenvalue weighted by molar-refractivity contribution is 0.314. The maximum Gasteiger partial charge on any atom is 0.0615 e. The van der Waals surface area contributed by atoms with Crippen LogP contribution in [0.4, 0.5) is 0 Å². The Hall–Kier alpha value is -0.960. The second-order valence-electron chi connectivity index (χ2n) is 6.40. The zero-order valence-electron chi connectivity index (χ0n) is 12.1. The number of benzene rings is 1. The minimum absolute atomic E-state index is 0.236. The third-order valence-electron chi connectivity index (χ3n) is 4.56. The lowest BCUT2D eigenvalue weighted by Crippen LogP contribution is -2.28. The van der Waals surface area contributed by atoms with E-state index in [0.29, 0.717) is 5.92 Å². The zero-order valence-corrected chi connectivity index (χ0v) is 12.9. The highest BCUT2D eigenvalue weighted by molar-refractivity contribution is 7.99. The van der Waals surface area contributed by atoms with Gasteiger partial charge in [0, 0.05) is 22.8 Å². The maximum atomic E-state index is 9.27. The largest absolute Gasteiger partial charge is 0.411 e. The average Bonchev–Trinajstić information content (AvgIpc) is 3.34. The van der Waals surface area contributed by atoms with Crippen LogP contribution in [0, 0.1) is 11.8 Å². The van der Waals surface area contributed by atoms with Crippen molar-refractivity contribution >= 4 is 17.5 Å². The number of hydrogen-bond donors (Lipinski definition) is 1. The summed E-state index contributed by atoms with van der Waals surface area (Å²) in [5.74, 6) is 2.42. The molecule has 0 amide bonds. The first-order valence-corrected chi connectivity index (χ1v) is 8.58. The Balaban J connectivity index is 1.64. The molecule has 108 valence electrons. The number of thioether (sulfide) groups is 1. The second-order valence-corrected chi connectivity index (χ2v) is 7.91. The standard InChI is InChI=1S/C17H23NOS/c1-17(15-9-10-15,11-16(18-19)14-7-8-14)20-12-13-5-3-2-4-6-13/h2-6,14-15,19H,7-12H2,1H3/b18-16+/t17-/m0/s1. The van der Waals surface area contributed by atoms with E-state index in [1.165, 1.54) is 31.2 Å². The lowest BCUT2D eigenvalue weighted by atomic mass is 9.96. The molecule has 2 saturated carbocycles. The normalized spacial score (nSPS) is 22.6. The van der Waals surface area contributed by atoms with Gasteiger partial charge >= 0.3 is 0 Å². The van der Waals surface area contributed by atoms with E-state index in [2.05, 4.69) is 42.4 Å². The molecule has 3 heteroatoms. The third kappa shape index (κ3) is 3.38. The molecule has 2 aliphatic rings. The zero-order chi connectivity index (χ0) is 14.0. The molecule has 0 heterocycles. The van der Waals surface area contributed by atoms with Gasteiger partial charge in [-0.3, -0.25) is 0 Å². The molecule has 1 aromatic carbocycles. The number of hydrogen-bond acceptors (Lipinski definition) is 3. The molecule has 2 fully saturated rings. The Kier molecular flexibility index (Phi) is 4.06. The van der Waals surface area contributed by atoms with Crippen molar-refractivity contribution in [1.29, 1.82) is 0 Å². The Morgan fingerprint density at radius 2 is 1.95 bits per heavy atom. The van der Waals surface area contributed by atoms with Gasteiger partial charge in [-0.05, 0) is 44.1 Å². The van der Waals surface area contributed by atoms with Gasteiger partial charge in [0.1, 0.15) is 0 Å². The molecule has 0 unspecified atom stereocenters. The first-order chi connectivity index (χ1) is 9.71. The molecule has 20 heavy (non-hydrogen) atoms. The molecule has 2 nitrogen and oxygen atoms in total. The van der Waals surface area contributed by atoms with Crippen molar-refractivity contribution in [3.63, 3.8) is 0 Å². The molecule has 1 atom stereocenters. The van der Waals surface area contributed by atoms with Crippen molar-refractivity contribution in [3.05, 3.63) is 35.9 Å². The molecule has 0 aliphatic heterocycles. The van der Waals surface area contributed by atoms with Gasteiger partial charge in [0.05, 0.1) is 5.71 Å². The summed E-state index contributed by atoms with van der Waals surface area (Å²) in [6, 6.07) is 10.7. The molecular weight excluding hydrogens is 266 g/mol. The van der Waals surface area contributed by atoms with E-state index < -0.39 is 0 Å². The van der Waals surface area contributed by atoms with Crippen molar-refractivity contribution in [2.75, 3.05) is 0 Å². The van der Waals surface area contributed by atoms with Gasteiger partial charge < -0.3 is 5.21 Å². The Morgan fingerprint density at radius 3 is 2.50 bits per heavy atom. The van der Waals surface area contributed by atoms with E-state index >= 15 is 0 Å². The predicted molar refractivity (Wildman–Crippen MR) is 85.4 cm³/mol. The molecule has 0 aromatic heterocycles. The van der Waals surface area contributed by atoms with Crippen molar-refractivity contribution in [1.82, 2.24) is 0 Å². The van der Waals surface area contributed by atoms with Crippen molar-refractivity contribution in [2.45, 2.75) is 49.5 Å². The smallest absolute Gasteiger partial charge is 0.0615 e. The van der Waals surface area contributed by atoms with E-state index in [1.54, 1.807) is 0 Å². The van der Waals surface area contributed by atoms with Gasteiger partial charge in [0.15, 0.2) is 0 Å². The Morgan fingerprint density at radius 1 is 1.25 bits per heavy atom. The van der Waals surface area contributed by atoms with Gasteiger partial charge in [0.2, 0.25) is 0 Å². The second kappa shape index (κ2) is 5.80. The first-order valence-electron chi connectivity index (χ1n) is 7.60. The summed E-state index contributed by atoms with van der Waals surface area (Å²) in [5, 5.41) is 12.9. The highest BCUT2D eigenvalue weighted by Gasteiger charge is 2.44. The number of oxime groups is 1. The van der Waals surface area contributed by atoms with E-state index in [4.69, 9.17) is 0 Å². The quantitative estimate of drug-likeness (QED) is 0.447. The van der Waals surface area contributed by atoms with Gasteiger partial charge in [-0.2, -0.15) is 0 Å². The highest BCUT2D eigenvalue weighted by atomic mass is 32.2. The Bertz CT molecular complexity index is 479. The summed E-state index contributed by atoms with van der Waals surface area (Å²) >= 11 is 2.04. The summed E-state index contributed by atoms with van der Waals surface area (Å²) < 4.78 is 0.236. The number of nitrogens with zero attached hydrogens (tertiary/aromatic N) is 1. The van der Waals surface area contributed by atoms with Crippen LogP contribution >= 0.6 is 11.8 Å². The fraction of sp³-hybridized carbons (Fsp3) is 0.588. The highest BCUT2D eigenvalue weighted by Crippen LogP contribution is 2.51. The molecule has 0 radical (unpaired) electrons. The van der Waals surface area contributed by atoms with Crippen LogP contribution in [-0.4, -0.2) is 15.7 Å². The minimum Gasteiger partial charge on any atom is -0.411 e. The van der Waals surface area contributed by atoms with Gasteiger partial charge in [-0.25, -0.2) is 0 Å². The number of rotatable bonds is 7. The van der Waals surface area contributed by atoms with E-state index in [9.17, 15) is 5.21 Å². The molecule has 0 saturated heterocycles. The summed E-state index contributed by atoms with van der Waals surface area (Å²) in [6.45, 7) is 2.37. The van der Waals surface area contributed by atoms with Crippen LogP contribution in [0.25, 0.3) is 0 Å². The van der Waals surface area contributed by atoms with Crippen molar-refractivity contribution in [2.24, 2.45) is 17.0 Å². The van der Waals surface area contributed by atoms with Crippen LogP contribution in [0.1, 0.15) is 44.6 Å². The van der Waals surface area contributed by atoms with Crippen LogP contribution in [0.15, 0.2) is 35.5 Å². The molecular formula is C17H23NOS. The van der Waals surface area contributed by atoms with Crippen LogP contribution in [0.3, 0.4) is 0 Å². The molecule has 0 spiro atoms. The van der Waals surface area contributed by atoms with Crippen LogP contribution in [0.2, 0.25) is 0 Å². The van der Waals surface area contributed by atoms with E-state index in [1.807, 2.05) is 11.8 Å². The molecule has 2 aliphatic carbocycles. The minimum atomic E-state index is 0.236. The van der Waals surface area contributed by atoms with Crippen LogP contribution < -0.4 is 0 Å². The van der Waals surface area contributed by atoms with Gasteiger partial charge in [-0.15, -0.1) is 11.8 Å². The van der Waals surface area contributed by atoms with Crippen LogP contribution in [0.5, 0.6) is 0 Å². The molecule has 1 N–H and O–H groups in total. The fourth-order valence-corrected chi connectivity index (χ4v) is 4.28. The van der Waals surface area contributed by atoms with Gasteiger partial charge in [0.25, 0.3) is 0 Å². The SMILES string of the molecule is C[C@@](C/C(=N\O)C1CC1)(SCc1ccccc1)C1CC1. The molecule has 0 bridgehead atoms. The summed E-state index contributed by atoms with van der Waals surface area (Å²) in [7, 11) is 0. The van der Waals surface area contributed by atoms with Crippen molar-refractivity contribution in [3.8, 4) is 0 Å². The summed E-state index contributed by atoms with van der Waals surface area (Å²) in [5.41, 5.74) is 2.43. The summed E-state index contributed by atoms with van der Waals surface area (Å²) in [6.07, 6.45) is 6.05. The molecule has 1 aromatic rings. The molecule has 3 rings (SSSR count). The summed E-state index contributed by atoms with van der Waals surface area (Å²) in [4.78, 5) is 0. The van der Waals surface area contributed by atoms with Gasteiger partial charge in [-0.1, -0.05) is 35.5 Å². The topological polar surface area (TPSA) is 32.6 Å². The van der Waals surface area contributed by atoms with E-state index in [-0.39, 0.29) is 4.75 Å². The monoisotopic (exact) mass is 289 g/mol. The third-order valence-corrected chi connectivity index (χ3v) is 6.18. The van der Waals surface area contributed by atoms with E-state index in [0.717, 1.165) is 23.8 Å². The lowest BCUT2D eigenvalue weighted by Gasteiger charge is -2.29. The Labute approximate surface area is 125 Å². The average molecular weight is 289 g/mol. The van der Waals surface area contributed by atoms with Crippen LogP contribution in [-0.2, 0) is 5.75 Å². The first kappa shape index (κ1) is 14.0. The fourth-order valence-electron chi connectivity index (χ4n) is 2.87. The maximum absolute atomic E-state index is 9.27.